The van der Waals surface area contributed by atoms with E-state index < -0.39 is 0 Å². The SMILES string of the molecule is O=C(NCc1ccncc1)c1ccc(N2CCN[C@@H](c3ccccc3)C2)nc1. The number of nitrogens with one attached hydrogen (secondary N) is 2. The molecule has 6 nitrogen and oxygen atoms in total. The van der Waals surface area contributed by atoms with Gasteiger partial charge >= 0.3 is 0 Å². The lowest BCUT2D eigenvalue weighted by Crippen LogP contribution is -2.46. The number of aromatic nitrogens is 2. The van der Waals surface area contributed by atoms with Crippen molar-refractivity contribution in [2.75, 3.05) is 24.5 Å². The standard InChI is InChI=1S/C22H23N5O/c28-22(26-14-17-8-10-23-11-9-17)19-6-7-21(25-15-19)27-13-12-24-20(16-27)18-4-2-1-3-5-18/h1-11,15,20,24H,12-14,16H2,(H,26,28)/t20-/m1/s1. The highest BCUT2D eigenvalue weighted by Gasteiger charge is 2.21. The van der Waals surface area contributed by atoms with Crippen molar-refractivity contribution in [3.05, 3.63) is 89.9 Å². The van der Waals surface area contributed by atoms with Crippen molar-refractivity contribution < 1.29 is 4.79 Å². The van der Waals surface area contributed by atoms with Gasteiger partial charge in [0.1, 0.15) is 5.82 Å². The van der Waals surface area contributed by atoms with E-state index in [4.69, 9.17) is 0 Å². The maximum Gasteiger partial charge on any atom is 0.253 e. The molecule has 4 rings (SSSR count). The van der Waals surface area contributed by atoms with Crippen LogP contribution in [0.15, 0.2) is 73.2 Å². The fourth-order valence-electron chi connectivity index (χ4n) is 3.36. The summed E-state index contributed by atoms with van der Waals surface area (Å²) in [6, 6.07) is 18.3. The van der Waals surface area contributed by atoms with Gasteiger partial charge in [0.05, 0.1) is 5.56 Å². The molecule has 6 heteroatoms. The first-order valence-corrected chi connectivity index (χ1v) is 9.46. The monoisotopic (exact) mass is 373 g/mol. The fourth-order valence-corrected chi connectivity index (χ4v) is 3.36. The Bertz CT molecular complexity index is 899. The molecule has 3 heterocycles. The van der Waals surface area contributed by atoms with E-state index in [0.29, 0.717) is 12.1 Å². The van der Waals surface area contributed by atoms with Crippen LogP contribution in [-0.2, 0) is 6.54 Å². The van der Waals surface area contributed by atoms with Crippen LogP contribution < -0.4 is 15.5 Å². The molecule has 1 amide bonds. The van der Waals surface area contributed by atoms with Crippen molar-refractivity contribution in [2.45, 2.75) is 12.6 Å². The van der Waals surface area contributed by atoms with E-state index in [1.807, 2.05) is 30.3 Å². The number of carbonyl (C=O) groups is 1. The van der Waals surface area contributed by atoms with Crippen molar-refractivity contribution in [1.29, 1.82) is 0 Å². The summed E-state index contributed by atoms with van der Waals surface area (Å²) in [6.45, 7) is 3.11. The van der Waals surface area contributed by atoms with Crippen LogP contribution in [0, 0.1) is 0 Å². The van der Waals surface area contributed by atoms with E-state index in [1.54, 1.807) is 18.6 Å². The van der Waals surface area contributed by atoms with Gasteiger partial charge in [-0.3, -0.25) is 9.78 Å². The van der Waals surface area contributed by atoms with Gasteiger partial charge in [-0.2, -0.15) is 0 Å². The predicted molar refractivity (Wildman–Crippen MR) is 109 cm³/mol. The van der Waals surface area contributed by atoms with E-state index >= 15 is 0 Å². The Balaban J connectivity index is 1.38. The number of rotatable bonds is 5. The van der Waals surface area contributed by atoms with Gasteiger partial charge in [0.2, 0.25) is 0 Å². The van der Waals surface area contributed by atoms with Crippen LogP contribution in [0.1, 0.15) is 27.5 Å². The Kier molecular flexibility index (Phi) is 5.58. The van der Waals surface area contributed by atoms with E-state index in [0.717, 1.165) is 31.0 Å². The molecule has 1 aliphatic heterocycles. The molecule has 142 valence electrons. The first-order chi connectivity index (χ1) is 13.8. The topological polar surface area (TPSA) is 70.2 Å². The number of carbonyl (C=O) groups excluding carboxylic acids is 1. The predicted octanol–water partition coefficient (Wildman–Crippen LogP) is 2.56. The third-order valence-electron chi connectivity index (χ3n) is 4.91. The molecule has 0 radical (unpaired) electrons. The molecule has 1 aliphatic rings. The highest BCUT2D eigenvalue weighted by atomic mass is 16.1. The van der Waals surface area contributed by atoms with Crippen molar-refractivity contribution in [2.24, 2.45) is 0 Å². The zero-order valence-electron chi connectivity index (χ0n) is 15.6. The van der Waals surface area contributed by atoms with Gasteiger partial charge in [-0.15, -0.1) is 0 Å². The number of anilines is 1. The number of amides is 1. The number of nitrogens with zero attached hydrogens (tertiary/aromatic N) is 3. The molecule has 0 unspecified atom stereocenters. The van der Waals surface area contributed by atoms with Crippen molar-refractivity contribution in [1.82, 2.24) is 20.6 Å². The number of benzene rings is 1. The zero-order valence-corrected chi connectivity index (χ0v) is 15.6. The van der Waals surface area contributed by atoms with Gasteiger partial charge in [0, 0.05) is 50.8 Å². The Morgan fingerprint density at radius 3 is 2.68 bits per heavy atom. The molecular weight excluding hydrogens is 350 g/mol. The lowest BCUT2D eigenvalue weighted by molar-refractivity contribution is 0.0950. The quantitative estimate of drug-likeness (QED) is 0.719. The van der Waals surface area contributed by atoms with E-state index in [9.17, 15) is 4.79 Å². The summed E-state index contributed by atoms with van der Waals surface area (Å²) in [6.07, 6.45) is 5.08. The molecule has 0 saturated carbocycles. The average Bonchev–Trinajstić information content (AvgIpc) is 2.79. The van der Waals surface area contributed by atoms with Gasteiger partial charge in [-0.05, 0) is 35.4 Å². The molecule has 28 heavy (non-hydrogen) atoms. The summed E-state index contributed by atoms with van der Waals surface area (Å²) < 4.78 is 0. The lowest BCUT2D eigenvalue weighted by atomic mass is 10.0. The molecule has 1 fully saturated rings. The molecule has 2 N–H and O–H groups in total. The normalized spacial score (nSPS) is 16.6. The minimum atomic E-state index is -0.127. The lowest BCUT2D eigenvalue weighted by Gasteiger charge is -2.34. The number of hydrogen-bond acceptors (Lipinski definition) is 5. The molecular formula is C22H23N5O. The van der Waals surface area contributed by atoms with Crippen LogP contribution in [-0.4, -0.2) is 35.5 Å². The maximum atomic E-state index is 12.4. The Labute approximate surface area is 164 Å². The minimum absolute atomic E-state index is 0.127. The molecule has 2 aromatic heterocycles. The van der Waals surface area contributed by atoms with Crippen molar-refractivity contribution >= 4 is 11.7 Å². The minimum Gasteiger partial charge on any atom is -0.353 e. The van der Waals surface area contributed by atoms with Gasteiger partial charge in [0.25, 0.3) is 5.91 Å². The smallest absolute Gasteiger partial charge is 0.253 e. The Hall–Kier alpha value is -3.25. The molecule has 0 spiro atoms. The van der Waals surface area contributed by atoms with Gasteiger partial charge in [0.15, 0.2) is 0 Å². The Morgan fingerprint density at radius 2 is 1.93 bits per heavy atom. The molecule has 3 aromatic rings. The molecule has 1 atom stereocenters. The third-order valence-corrected chi connectivity index (χ3v) is 4.91. The zero-order chi connectivity index (χ0) is 19.2. The summed E-state index contributed by atoms with van der Waals surface area (Å²) >= 11 is 0. The molecule has 1 aromatic carbocycles. The number of piperazine rings is 1. The maximum absolute atomic E-state index is 12.4. The highest BCUT2D eigenvalue weighted by molar-refractivity contribution is 5.94. The van der Waals surface area contributed by atoms with E-state index in [-0.39, 0.29) is 11.9 Å². The summed E-state index contributed by atoms with van der Waals surface area (Å²) in [4.78, 5) is 23.1. The van der Waals surface area contributed by atoms with E-state index in [2.05, 4.69) is 49.8 Å². The summed E-state index contributed by atoms with van der Waals surface area (Å²) in [5.74, 6) is 0.770. The third kappa shape index (κ3) is 4.35. The summed E-state index contributed by atoms with van der Waals surface area (Å²) in [5, 5.41) is 6.47. The number of hydrogen-bond donors (Lipinski definition) is 2. The van der Waals surface area contributed by atoms with Crippen LogP contribution in [0.5, 0.6) is 0 Å². The van der Waals surface area contributed by atoms with Crippen LogP contribution in [0.4, 0.5) is 5.82 Å². The van der Waals surface area contributed by atoms with Gasteiger partial charge < -0.3 is 15.5 Å². The number of pyridine rings is 2. The first kappa shape index (κ1) is 18.1. The van der Waals surface area contributed by atoms with Crippen LogP contribution in [0.3, 0.4) is 0 Å². The summed E-state index contributed by atoms with van der Waals surface area (Å²) in [5.41, 5.74) is 2.85. The Morgan fingerprint density at radius 1 is 1.11 bits per heavy atom. The summed E-state index contributed by atoms with van der Waals surface area (Å²) in [7, 11) is 0. The first-order valence-electron chi connectivity index (χ1n) is 9.46. The second-order valence-corrected chi connectivity index (χ2v) is 6.81. The second kappa shape index (κ2) is 8.63. The van der Waals surface area contributed by atoms with Crippen LogP contribution in [0.2, 0.25) is 0 Å². The fraction of sp³-hybridized carbons (Fsp3) is 0.227. The van der Waals surface area contributed by atoms with Gasteiger partial charge in [-0.25, -0.2) is 4.98 Å². The van der Waals surface area contributed by atoms with E-state index in [1.165, 1.54) is 5.56 Å². The van der Waals surface area contributed by atoms with Gasteiger partial charge in [-0.1, -0.05) is 30.3 Å². The van der Waals surface area contributed by atoms with Crippen molar-refractivity contribution in [3.8, 4) is 0 Å². The average molecular weight is 373 g/mol. The second-order valence-electron chi connectivity index (χ2n) is 6.81. The largest absolute Gasteiger partial charge is 0.353 e. The van der Waals surface area contributed by atoms with Crippen LogP contribution >= 0.6 is 0 Å². The molecule has 1 saturated heterocycles. The van der Waals surface area contributed by atoms with Crippen molar-refractivity contribution in [3.63, 3.8) is 0 Å². The highest BCUT2D eigenvalue weighted by Crippen LogP contribution is 2.21. The molecule has 0 aliphatic carbocycles. The van der Waals surface area contributed by atoms with Crippen LogP contribution in [0.25, 0.3) is 0 Å². The molecule has 0 bridgehead atoms.